The molecule has 0 aliphatic rings. The third-order valence-corrected chi connectivity index (χ3v) is 3.46. The van der Waals surface area contributed by atoms with Crippen LogP contribution in [0.2, 0.25) is 0 Å². The van der Waals surface area contributed by atoms with E-state index in [0.717, 1.165) is 11.1 Å². The van der Waals surface area contributed by atoms with E-state index in [0.29, 0.717) is 5.52 Å². The first kappa shape index (κ1) is 12.6. The number of fused-ring (bicyclic) bond motifs is 1. The summed E-state index contributed by atoms with van der Waals surface area (Å²) in [6, 6.07) is 9.30. The molecule has 2 heterocycles. The lowest BCUT2D eigenvalue weighted by molar-refractivity contribution is 0.154. The van der Waals surface area contributed by atoms with E-state index >= 15 is 0 Å². The van der Waals surface area contributed by atoms with Gasteiger partial charge in [0.05, 0.1) is 18.8 Å². The van der Waals surface area contributed by atoms with Crippen molar-refractivity contribution in [2.24, 2.45) is 0 Å². The number of aryl methyl sites for hydroxylation is 1. The molecule has 0 bridgehead atoms. The van der Waals surface area contributed by atoms with Gasteiger partial charge in [-0.2, -0.15) is 5.10 Å². The summed E-state index contributed by atoms with van der Waals surface area (Å²) in [5.41, 5.74) is 2.20. The quantitative estimate of drug-likeness (QED) is 0.784. The van der Waals surface area contributed by atoms with Crippen LogP contribution in [0, 0.1) is 6.92 Å². The Morgan fingerprint density at radius 2 is 2.05 bits per heavy atom. The smallest absolute Gasteiger partial charge is 0.276 e. The monoisotopic (exact) mass is 269 g/mol. The van der Waals surface area contributed by atoms with Crippen LogP contribution >= 0.6 is 0 Å². The molecule has 0 spiro atoms. The number of benzene rings is 1. The Morgan fingerprint density at radius 1 is 1.25 bits per heavy atom. The fraction of sp³-hybridized carbons (Fsp3) is 0.200. The van der Waals surface area contributed by atoms with Crippen molar-refractivity contribution >= 4 is 5.52 Å². The van der Waals surface area contributed by atoms with E-state index in [1.165, 1.54) is 9.08 Å². The summed E-state index contributed by atoms with van der Waals surface area (Å²) in [5, 5.41) is 14.3. The number of aliphatic hydroxyl groups excluding tert-OH is 1. The first-order chi connectivity index (χ1) is 9.66. The van der Waals surface area contributed by atoms with E-state index in [4.69, 9.17) is 0 Å². The lowest BCUT2D eigenvalue weighted by Gasteiger charge is -2.15. The molecular weight excluding hydrogens is 254 g/mol. The molecule has 1 N–H and O–H groups in total. The minimum absolute atomic E-state index is 0.155. The number of rotatable bonds is 3. The van der Waals surface area contributed by atoms with Crippen LogP contribution in [0.15, 0.2) is 53.7 Å². The highest BCUT2D eigenvalue weighted by atomic mass is 16.3. The van der Waals surface area contributed by atoms with Gasteiger partial charge in [0.2, 0.25) is 0 Å². The second-order valence-corrected chi connectivity index (χ2v) is 4.79. The fourth-order valence-electron chi connectivity index (χ4n) is 2.35. The van der Waals surface area contributed by atoms with Crippen LogP contribution < -0.4 is 5.56 Å². The Balaban J connectivity index is 1.95. The highest BCUT2D eigenvalue weighted by Crippen LogP contribution is 2.18. The largest absolute Gasteiger partial charge is 0.387 e. The third-order valence-electron chi connectivity index (χ3n) is 3.46. The Morgan fingerprint density at radius 3 is 2.85 bits per heavy atom. The maximum Gasteiger partial charge on any atom is 0.276 e. The minimum Gasteiger partial charge on any atom is -0.387 e. The molecule has 0 fully saturated rings. The van der Waals surface area contributed by atoms with Gasteiger partial charge in [-0.05, 0) is 24.1 Å². The maximum absolute atomic E-state index is 12.2. The van der Waals surface area contributed by atoms with Crippen molar-refractivity contribution in [2.45, 2.75) is 19.6 Å². The summed E-state index contributed by atoms with van der Waals surface area (Å²) in [7, 11) is 0. The molecule has 5 heteroatoms. The van der Waals surface area contributed by atoms with Gasteiger partial charge in [-0.25, -0.2) is 4.52 Å². The first-order valence-corrected chi connectivity index (χ1v) is 6.43. The fourth-order valence-corrected chi connectivity index (χ4v) is 2.35. The normalized spacial score (nSPS) is 12.7. The predicted octanol–water partition coefficient (Wildman–Crippen LogP) is 1.54. The van der Waals surface area contributed by atoms with Crippen LogP contribution in [0.3, 0.4) is 0 Å². The van der Waals surface area contributed by atoms with Crippen LogP contribution in [0.1, 0.15) is 17.2 Å². The molecule has 0 saturated heterocycles. The van der Waals surface area contributed by atoms with Gasteiger partial charge in [-0.3, -0.25) is 4.79 Å². The highest BCUT2D eigenvalue weighted by molar-refractivity contribution is 5.42. The van der Waals surface area contributed by atoms with Gasteiger partial charge >= 0.3 is 0 Å². The molecule has 1 atom stereocenters. The topological polar surface area (TPSA) is 59.5 Å². The van der Waals surface area contributed by atoms with Crippen molar-refractivity contribution in [1.29, 1.82) is 0 Å². The van der Waals surface area contributed by atoms with Gasteiger partial charge in [0.25, 0.3) is 5.56 Å². The van der Waals surface area contributed by atoms with Crippen molar-refractivity contribution in [1.82, 2.24) is 14.2 Å². The lowest BCUT2D eigenvalue weighted by Crippen LogP contribution is -2.24. The molecule has 0 radical (unpaired) electrons. The molecule has 2 aromatic heterocycles. The molecule has 3 rings (SSSR count). The summed E-state index contributed by atoms with van der Waals surface area (Å²) >= 11 is 0. The van der Waals surface area contributed by atoms with Crippen LogP contribution in [-0.2, 0) is 6.54 Å². The SMILES string of the molecule is Cc1ccccc1C(O)Cn1ccn2nccc2c1=O. The summed E-state index contributed by atoms with van der Waals surface area (Å²) in [4.78, 5) is 12.2. The Bertz CT molecular complexity index is 804. The van der Waals surface area contributed by atoms with Crippen molar-refractivity contribution in [3.8, 4) is 0 Å². The van der Waals surface area contributed by atoms with Gasteiger partial charge in [-0.15, -0.1) is 0 Å². The van der Waals surface area contributed by atoms with Crippen molar-refractivity contribution in [3.05, 3.63) is 70.4 Å². The summed E-state index contributed by atoms with van der Waals surface area (Å²) in [6.45, 7) is 2.17. The molecule has 1 unspecified atom stereocenters. The zero-order chi connectivity index (χ0) is 14.1. The van der Waals surface area contributed by atoms with Crippen molar-refractivity contribution in [2.75, 3.05) is 0 Å². The zero-order valence-electron chi connectivity index (χ0n) is 11.1. The molecule has 20 heavy (non-hydrogen) atoms. The Kier molecular flexibility index (Phi) is 3.12. The van der Waals surface area contributed by atoms with Crippen LogP contribution in [0.25, 0.3) is 5.52 Å². The van der Waals surface area contributed by atoms with Gasteiger partial charge < -0.3 is 9.67 Å². The molecule has 0 saturated carbocycles. The molecular formula is C15H15N3O2. The average molecular weight is 269 g/mol. The van der Waals surface area contributed by atoms with Crippen LogP contribution in [-0.4, -0.2) is 19.3 Å². The molecule has 5 nitrogen and oxygen atoms in total. The van der Waals surface area contributed by atoms with Gasteiger partial charge in [0.15, 0.2) is 0 Å². The summed E-state index contributed by atoms with van der Waals surface area (Å²) in [5.74, 6) is 0. The average Bonchev–Trinajstić information content (AvgIpc) is 2.91. The maximum atomic E-state index is 12.2. The number of aromatic nitrogens is 3. The van der Waals surface area contributed by atoms with E-state index in [1.807, 2.05) is 31.2 Å². The van der Waals surface area contributed by atoms with Gasteiger partial charge in [0.1, 0.15) is 5.52 Å². The van der Waals surface area contributed by atoms with E-state index in [2.05, 4.69) is 5.10 Å². The van der Waals surface area contributed by atoms with E-state index in [-0.39, 0.29) is 12.1 Å². The number of hydrogen-bond donors (Lipinski definition) is 1. The minimum atomic E-state index is -0.709. The van der Waals surface area contributed by atoms with Crippen LogP contribution in [0.4, 0.5) is 0 Å². The highest BCUT2D eigenvalue weighted by Gasteiger charge is 2.12. The van der Waals surface area contributed by atoms with Gasteiger partial charge in [0, 0.05) is 12.4 Å². The van der Waals surface area contributed by atoms with Crippen molar-refractivity contribution in [3.63, 3.8) is 0 Å². The molecule has 0 aliphatic heterocycles. The first-order valence-electron chi connectivity index (χ1n) is 6.43. The second kappa shape index (κ2) is 4.94. The summed E-state index contributed by atoms with van der Waals surface area (Å²) < 4.78 is 3.03. The number of hydrogen-bond acceptors (Lipinski definition) is 3. The predicted molar refractivity (Wildman–Crippen MR) is 75.6 cm³/mol. The summed E-state index contributed by atoms with van der Waals surface area (Å²) in [6.07, 6.45) is 4.23. The number of aliphatic hydroxyl groups is 1. The van der Waals surface area contributed by atoms with E-state index < -0.39 is 6.10 Å². The Labute approximate surface area is 115 Å². The van der Waals surface area contributed by atoms with E-state index in [9.17, 15) is 9.90 Å². The molecule has 0 aliphatic carbocycles. The van der Waals surface area contributed by atoms with E-state index in [1.54, 1.807) is 24.7 Å². The van der Waals surface area contributed by atoms with Crippen molar-refractivity contribution < 1.29 is 5.11 Å². The van der Waals surface area contributed by atoms with Crippen LogP contribution in [0.5, 0.6) is 0 Å². The number of nitrogens with zero attached hydrogens (tertiary/aromatic N) is 3. The molecule has 0 amide bonds. The zero-order valence-corrected chi connectivity index (χ0v) is 11.1. The Hall–Kier alpha value is -2.40. The third kappa shape index (κ3) is 2.12. The van der Waals surface area contributed by atoms with Gasteiger partial charge in [-0.1, -0.05) is 24.3 Å². The lowest BCUT2D eigenvalue weighted by atomic mass is 10.0. The molecule has 102 valence electrons. The molecule has 3 aromatic rings. The molecule has 1 aromatic carbocycles. The second-order valence-electron chi connectivity index (χ2n) is 4.79. The standard InChI is InChI=1S/C15H15N3O2/c1-11-4-2-3-5-12(11)14(19)10-17-8-9-18-13(15(17)20)6-7-16-18/h2-9,14,19H,10H2,1H3.